The largest absolute Gasteiger partial charge is 0.481 e. The van der Waals surface area contributed by atoms with E-state index in [1.807, 2.05) is 12.1 Å². The van der Waals surface area contributed by atoms with Crippen molar-refractivity contribution in [1.29, 1.82) is 5.26 Å². The van der Waals surface area contributed by atoms with Gasteiger partial charge in [0.2, 0.25) is 5.88 Å². The molecular formula is C13H10N6O2. The predicted octanol–water partition coefficient (Wildman–Crippen LogP) is 1.33. The molecule has 0 fully saturated rings. The average Bonchev–Trinajstić information content (AvgIpc) is 3.16. The Bertz CT molecular complexity index is 784. The molecule has 3 aromatic rings. The molecule has 3 rings (SSSR count). The standard InChI is InChI=1S/C13H10N6O2/c1-20-12-3-2-8(6-15-12)4-11-17-13(21-19-11)9-7-16-18-10(9)5-14/h2-3,6-7H,4H2,1H3,(H,16,18). The van der Waals surface area contributed by atoms with Crippen molar-refractivity contribution in [2.45, 2.75) is 6.42 Å². The topological polar surface area (TPSA) is 114 Å². The number of nitrogens with one attached hydrogen (secondary N) is 1. The zero-order chi connectivity index (χ0) is 14.7. The minimum absolute atomic E-state index is 0.261. The van der Waals surface area contributed by atoms with E-state index in [4.69, 9.17) is 14.5 Å². The van der Waals surface area contributed by atoms with Crippen molar-refractivity contribution < 1.29 is 9.26 Å². The smallest absolute Gasteiger partial charge is 0.262 e. The molecule has 3 aromatic heterocycles. The van der Waals surface area contributed by atoms with Crippen LogP contribution in [-0.2, 0) is 6.42 Å². The van der Waals surface area contributed by atoms with Gasteiger partial charge in [-0.3, -0.25) is 5.10 Å². The first-order chi connectivity index (χ1) is 10.3. The minimum atomic E-state index is 0.261. The molecular weight excluding hydrogens is 272 g/mol. The van der Waals surface area contributed by atoms with Crippen LogP contribution in [0.15, 0.2) is 29.0 Å². The van der Waals surface area contributed by atoms with Gasteiger partial charge in [0.05, 0.1) is 18.9 Å². The van der Waals surface area contributed by atoms with Crippen LogP contribution in [0.4, 0.5) is 0 Å². The van der Waals surface area contributed by atoms with Gasteiger partial charge in [-0.05, 0) is 5.56 Å². The van der Waals surface area contributed by atoms with Crippen molar-refractivity contribution in [3.63, 3.8) is 0 Å². The summed E-state index contributed by atoms with van der Waals surface area (Å²) in [7, 11) is 1.56. The van der Waals surface area contributed by atoms with Crippen LogP contribution in [0.5, 0.6) is 5.88 Å². The zero-order valence-corrected chi connectivity index (χ0v) is 11.1. The number of aromatic nitrogens is 5. The van der Waals surface area contributed by atoms with E-state index in [1.165, 1.54) is 6.20 Å². The quantitative estimate of drug-likeness (QED) is 0.767. The lowest BCUT2D eigenvalue weighted by molar-refractivity contribution is 0.397. The number of hydrogen-bond acceptors (Lipinski definition) is 7. The van der Waals surface area contributed by atoms with Crippen LogP contribution < -0.4 is 4.74 Å². The Hall–Kier alpha value is -3.21. The SMILES string of the molecule is COc1ccc(Cc2noc(-c3cn[nH]c3C#N)n2)cn1. The Morgan fingerprint density at radius 2 is 2.29 bits per heavy atom. The third kappa shape index (κ3) is 2.57. The van der Waals surface area contributed by atoms with Crippen molar-refractivity contribution in [2.75, 3.05) is 7.11 Å². The number of rotatable bonds is 4. The maximum Gasteiger partial charge on any atom is 0.262 e. The third-order valence-corrected chi connectivity index (χ3v) is 2.82. The molecule has 0 saturated carbocycles. The number of nitriles is 1. The Kier molecular flexibility index (Phi) is 3.31. The number of nitrogens with zero attached hydrogens (tertiary/aromatic N) is 5. The molecule has 0 unspecified atom stereocenters. The molecule has 1 N–H and O–H groups in total. The van der Waals surface area contributed by atoms with Gasteiger partial charge < -0.3 is 9.26 Å². The number of H-pyrrole nitrogens is 1. The van der Waals surface area contributed by atoms with Gasteiger partial charge in [0.15, 0.2) is 5.82 Å². The molecule has 3 heterocycles. The molecule has 0 saturated heterocycles. The summed E-state index contributed by atoms with van der Waals surface area (Å²) in [5.41, 5.74) is 1.70. The average molecular weight is 282 g/mol. The van der Waals surface area contributed by atoms with Gasteiger partial charge in [-0.2, -0.15) is 15.3 Å². The fourth-order valence-electron chi connectivity index (χ4n) is 1.79. The van der Waals surface area contributed by atoms with Crippen LogP contribution in [0.2, 0.25) is 0 Å². The van der Waals surface area contributed by atoms with Gasteiger partial charge >= 0.3 is 0 Å². The highest BCUT2D eigenvalue weighted by molar-refractivity contribution is 5.59. The van der Waals surface area contributed by atoms with Gasteiger partial charge in [-0.15, -0.1) is 0 Å². The lowest BCUT2D eigenvalue weighted by atomic mass is 10.2. The highest BCUT2D eigenvalue weighted by Gasteiger charge is 2.15. The number of pyridine rings is 1. The van der Waals surface area contributed by atoms with Gasteiger partial charge in [-0.25, -0.2) is 4.98 Å². The van der Waals surface area contributed by atoms with E-state index in [9.17, 15) is 0 Å². The first-order valence-electron chi connectivity index (χ1n) is 6.05. The summed E-state index contributed by atoms with van der Waals surface area (Å²) in [6.07, 6.45) is 3.64. The van der Waals surface area contributed by atoms with Crippen LogP contribution in [-0.4, -0.2) is 32.4 Å². The van der Waals surface area contributed by atoms with E-state index >= 15 is 0 Å². The first-order valence-corrected chi connectivity index (χ1v) is 6.05. The van der Waals surface area contributed by atoms with Gasteiger partial charge in [0, 0.05) is 18.7 Å². The first kappa shape index (κ1) is 12.8. The van der Waals surface area contributed by atoms with E-state index in [1.54, 1.807) is 19.4 Å². The van der Waals surface area contributed by atoms with E-state index < -0.39 is 0 Å². The molecule has 0 aliphatic carbocycles. The summed E-state index contributed by atoms with van der Waals surface area (Å²) < 4.78 is 10.1. The molecule has 8 nitrogen and oxygen atoms in total. The van der Waals surface area contributed by atoms with Crippen molar-refractivity contribution in [3.8, 4) is 23.4 Å². The minimum Gasteiger partial charge on any atom is -0.481 e. The summed E-state index contributed by atoms with van der Waals surface area (Å²) in [6.45, 7) is 0. The van der Waals surface area contributed by atoms with Crippen molar-refractivity contribution in [1.82, 2.24) is 25.3 Å². The number of methoxy groups -OCH3 is 1. The Labute approximate surface area is 119 Å². The Morgan fingerprint density at radius 3 is 3.00 bits per heavy atom. The van der Waals surface area contributed by atoms with Crippen LogP contribution >= 0.6 is 0 Å². The molecule has 21 heavy (non-hydrogen) atoms. The van der Waals surface area contributed by atoms with E-state index in [-0.39, 0.29) is 11.6 Å². The van der Waals surface area contributed by atoms with E-state index in [0.717, 1.165) is 5.56 Å². The maximum atomic E-state index is 8.93. The lowest BCUT2D eigenvalue weighted by Gasteiger charge is -1.99. The van der Waals surface area contributed by atoms with Crippen molar-refractivity contribution >= 4 is 0 Å². The highest BCUT2D eigenvalue weighted by atomic mass is 16.5. The molecule has 0 radical (unpaired) electrons. The molecule has 8 heteroatoms. The monoisotopic (exact) mass is 282 g/mol. The Balaban J connectivity index is 1.80. The Morgan fingerprint density at radius 1 is 1.38 bits per heavy atom. The lowest BCUT2D eigenvalue weighted by Crippen LogP contribution is -1.93. The van der Waals surface area contributed by atoms with Gasteiger partial charge in [-0.1, -0.05) is 11.2 Å². The van der Waals surface area contributed by atoms with E-state index in [0.29, 0.717) is 23.7 Å². The number of hydrogen-bond donors (Lipinski definition) is 1. The van der Waals surface area contributed by atoms with Crippen LogP contribution in [0.25, 0.3) is 11.5 Å². The van der Waals surface area contributed by atoms with Crippen molar-refractivity contribution in [3.05, 3.63) is 41.6 Å². The maximum absolute atomic E-state index is 8.93. The zero-order valence-electron chi connectivity index (χ0n) is 11.1. The fraction of sp³-hybridized carbons (Fsp3) is 0.154. The molecule has 0 spiro atoms. The third-order valence-electron chi connectivity index (χ3n) is 2.82. The summed E-state index contributed by atoms with van der Waals surface area (Å²) in [4.78, 5) is 8.36. The number of aromatic amines is 1. The molecule has 104 valence electrons. The summed E-state index contributed by atoms with van der Waals surface area (Å²) in [5, 5.41) is 19.2. The fourth-order valence-corrected chi connectivity index (χ4v) is 1.79. The molecule has 0 amide bonds. The van der Waals surface area contributed by atoms with Gasteiger partial charge in [0.1, 0.15) is 11.8 Å². The summed E-state index contributed by atoms with van der Waals surface area (Å²) in [5.74, 6) is 1.31. The molecule has 0 aliphatic heterocycles. The second kappa shape index (κ2) is 5.42. The van der Waals surface area contributed by atoms with E-state index in [2.05, 4.69) is 25.3 Å². The summed E-state index contributed by atoms with van der Waals surface area (Å²) >= 11 is 0. The summed E-state index contributed by atoms with van der Waals surface area (Å²) in [6, 6.07) is 5.62. The van der Waals surface area contributed by atoms with Crippen molar-refractivity contribution in [2.24, 2.45) is 0 Å². The number of ether oxygens (including phenoxy) is 1. The van der Waals surface area contributed by atoms with Crippen LogP contribution in [0.1, 0.15) is 17.1 Å². The highest BCUT2D eigenvalue weighted by Crippen LogP contribution is 2.20. The second-order valence-corrected chi connectivity index (χ2v) is 4.17. The normalized spacial score (nSPS) is 10.3. The second-order valence-electron chi connectivity index (χ2n) is 4.17. The van der Waals surface area contributed by atoms with Crippen LogP contribution in [0.3, 0.4) is 0 Å². The van der Waals surface area contributed by atoms with Gasteiger partial charge in [0.25, 0.3) is 5.89 Å². The molecule has 0 bridgehead atoms. The molecule has 0 aromatic carbocycles. The molecule has 0 atom stereocenters. The van der Waals surface area contributed by atoms with Crippen LogP contribution in [0, 0.1) is 11.3 Å². The predicted molar refractivity (Wildman–Crippen MR) is 70.2 cm³/mol. The molecule has 0 aliphatic rings.